The van der Waals surface area contributed by atoms with Crippen LogP contribution in [-0.2, 0) is 11.2 Å². The number of nitrogens with zero attached hydrogens (tertiary/aromatic N) is 2. The van der Waals surface area contributed by atoms with Crippen LogP contribution in [0.15, 0.2) is 58.7 Å². The van der Waals surface area contributed by atoms with Crippen molar-refractivity contribution < 1.29 is 9.90 Å². The third kappa shape index (κ3) is 6.70. The Morgan fingerprint density at radius 1 is 1.28 bits per heavy atom. The molecule has 0 fully saturated rings. The summed E-state index contributed by atoms with van der Waals surface area (Å²) in [6.07, 6.45) is 1.90. The quantitative estimate of drug-likeness (QED) is 0.427. The second kappa shape index (κ2) is 10.7. The molecule has 0 aliphatic rings. The van der Waals surface area contributed by atoms with Gasteiger partial charge in [-0.1, -0.05) is 36.4 Å². The maximum absolute atomic E-state index is 12.3. The van der Waals surface area contributed by atoms with Crippen molar-refractivity contribution in [2.45, 2.75) is 12.5 Å². The van der Waals surface area contributed by atoms with Gasteiger partial charge in [0, 0.05) is 0 Å². The highest BCUT2D eigenvalue weighted by atomic mass is 79.9. The number of halogens is 1. The largest absolute Gasteiger partial charge is 0.394 e. The number of benzene rings is 1. The average molecular weight is 420 g/mol. The number of nitriles is 1. The van der Waals surface area contributed by atoms with Gasteiger partial charge in [0.05, 0.1) is 18.3 Å². The van der Waals surface area contributed by atoms with Gasteiger partial charge < -0.3 is 10.4 Å². The molecule has 1 aromatic heterocycles. The SMILES string of the molecule is N#C/C(=C\c1cccc(Br)n1)C(=O)N[C@H](CO)Cc1ccccc1.S. The third-order valence-corrected chi connectivity index (χ3v) is 3.72. The highest BCUT2D eigenvalue weighted by molar-refractivity contribution is 9.10. The van der Waals surface area contributed by atoms with E-state index in [2.05, 4.69) is 26.2 Å². The van der Waals surface area contributed by atoms with E-state index in [1.54, 1.807) is 18.2 Å². The number of nitrogens with one attached hydrogen (secondary N) is 1. The summed E-state index contributed by atoms with van der Waals surface area (Å²) in [6.45, 7) is -0.214. The maximum atomic E-state index is 12.3. The summed E-state index contributed by atoms with van der Waals surface area (Å²) in [5.41, 5.74) is 1.43. The molecule has 1 atom stereocenters. The molecule has 0 spiro atoms. The summed E-state index contributed by atoms with van der Waals surface area (Å²) in [5.74, 6) is -0.533. The Bertz CT molecular complexity index is 775. The van der Waals surface area contributed by atoms with Crippen molar-refractivity contribution in [2.24, 2.45) is 0 Å². The van der Waals surface area contributed by atoms with Gasteiger partial charge in [-0.25, -0.2) is 4.98 Å². The van der Waals surface area contributed by atoms with Crippen LogP contribution in [0.5, 0.6) is 0 Å². The average Bonchev–Trinajstić information content (AvgIpc) is 2.60. The normalized spacial score (nSPS) is 11.8. The molecule has 0 aliphatic carbocycles. The number of carbonyl (C=O) groups is 1. The Morgan fingerprint density at radius 3 is 2.60 bits per heavy atom. The molecule has 0 saturated heterocycles. The Balaban J connectivity index is 0.00000312. The van der Waals surface area contributed by atoms with Crippen LogP contribution in [0.2, 0.25) is 0 Å². The molecule has 0 saturated carbocycles. The molecule has 1 heterocycles. The van der Waals surface area contributed by atoms with Crippen LogP contribution in [0.1, 0.15) is 11.3 Å². The number of hydrogen-bond donors (Lipinski definition) is 2. The molecule has 2 aromatic rings. The van der Waals surface area contributed by atoms with E-state index in [9.17, 15) is 15.2 Å². The van der Waals surface area contributed by atoms with Crippen LogP contribution in [-0.4, -0.2) is 28.6 Å². The first kappa shape index (κ1) is 20.9. The minimum absolute atomic E-state index is 0. The molecular weight excluding hydrogens is 402 g/mol. The minimum Gasteiger partial charge on any atom is -0.394 e. The standard InChI is InChI=1S/C18H16BrN3O2.H2S/c19-17-8-4-7-15(21-17)10-14(11-20)18(24)22-16(12-23)9-13-5-2-1-3-6-13;/h1-8,10,16,23H,9,12H2,(H,22,24);1H2/b14-10+;/t16-;/m0./s1. The fraction of sp³-hybridized carbons (Fsp3) is 0.167. The number of carbonyl (C=O) groups excluding carboxylic acids is 1. The van der Waals surface area contributed by atoms with Gasteiger partial charge in [-0.2, -0.15) is 18.8 Å². The molecule has 130 valence electrons. The predicted molar refractivity (Wildman–Crippen MR) is 105 cm³/mol. The summed E-state index contributed by atoms with van der Waals surface area (Å²) in [4.78, 5) is 16.4. The highest BCUT2D eigenvalue weighted by Gasteiger charge is 2.16. The molecule has 0 bridgehead atoms. The molecule has 1 aromatic carbocycles. The number of aliphatic hydroxyl groups excluding tert-OH is 1. The van der Waals surface area contributed by atoms with Crippen molar-refractivity contribution in [3.63, 3.8) is 0 Å². The summed E-state index contributed by atoms with van der Waals surface area (Å²) in [5, 5.41) is 21.4. The summed E-state index contributed by atoms with van der Waals surface area (Å²) >= 11 is 3.24. The fourth-order valence-corrected chi connectivity index (χ4v) is 2.48. The first-order valence-corrected chi connectivity index (χ1v) is 8.11. The van der Waals surface area contributed by atoms with E-state index in [1.807, 2.05) is 36.4 Å². The summed E-state index contributed by atoms with van der Waals surface area (Å²) < 4.78 is 0.617. The van der Waals surface area contributed by atoms with Crippen molar-refractivity contribution >= 4 is 41.4 Å². The zero-order valence-electron chi connectivity index (χ0n) is 13.3. The molecule has 25 heavy (non-hydrogen) atoms. The van der Waals surface area contributed by atoms with Gasteiger partial charge >= 0.3 is 0 Å². The van der Waals surface area contributed by atoms with Crippen molar-refractivity contribution in [1.82, 2.24) is 10.3 Å². The van der Waals surface area contributed by atoms with E-state index in [-0.39, 0.29) is 25.7 Å². The number of amides is 1. The van der Waals surface area contributed by atoms with Crippen molar-refractivity contribution in [2.75, 3.05) is 6.61 Å². The van der Waals surface area contributed by atoms with E-state index >= 15 is 0 Å². The molecule has 5 nitrogen and oxygen atoms in total. The third-order valence-electron chi connectivity index (χ3n) is 3.27. The number of hydrogen-bond acceptors (Lipinski definition) is 4. The Hall–Kier alpha value is -2.14. The molecule has 7 heteroatoms. The fourth-order valence-electron chi connectivity index (χ4n) is 2.12. The number of aromatic nitrogens is 1. The zero-order chi connectivity index (χ0) is 17.4. The Labute approximate surface area is 162 Å². The lowest BCUT2D eigenvalue weighted by atomic mass is 10.1. The number of aliphatic hydroxyl groups is 1. The van der Waals surface area contributed by atoms with Gasteiger partial charge in [-0.05, 0) is 46.1 Å². The number of rotatable bonds is 6. The van der Waals surface area contributed by atoms with E-state index < -0.39 is 11.9 Å². The Morgan fingerprint density at radius 2 is 2.00 bits per heavy atom. The number of pyridine rings is 1. The van der Waals surface area contributed by atoms with Gasteiger partial charge in [0.1, 0.15) is 16.2 Å². The van der Waals surface area contributed by atoms with Crippen LogP contribution in [0.3, 0.4) is 0 Å². The molecular formula is C18H18BrN3O2S. The van der Waals surface area contributed by atoms with E-state index in [0.717, 1.165) is 5.56 Å². The minimum atomic E-state index is -0.533. The van der Waals surface area contributed by atoms with Gasteiger partial charge in [-0.15, -0.1) is 0 Å². The van der Waals surface area contributed by atoms with Crippen LogP contribution in [0, 0.1) is 11.3 Å². The predicted octanol–water partition coefficient (Wildman–Crippen LogP) is 2.58. The van der Waals surface area contributed by atoms with Crippen LogP contribution < -0.4 is 5.32 Å². The summed E-state index contributed by atoms with van der Waals surface area (Å²) in [7, 11) is 0. The topological polar surface area (TPSA) is 86.0 Å². The first-order valence-electron chi connectivity index (χ1n) is 7.32. The molecule has 0 radical (unpaired) electrons. The first-order chi connectivity index (χ1) is 11.6. The molecule has 2 rings (SSSR count). The Kier molecular flexibility index (Phi) is 8.92. The molecule has 0 unspecified atom stereocenters. The lowest BCUT2D eigenvalue weighted by Gasteiger charge is -2.16. The molecule has 2 N–H and O–H groups in total. The lowest BCUT2D eigenvalue weighted by molar-refractivity contribution is -0.118. The van der Waals surface area contributed by atoms with E-state index in [1.165, 1.54) is 6.08 Å². The van der Waals surface area contributed by atoms with Gasteiger partial charge in [-0.3, -0.25) is 4.79 Å². The lowest BCUT2D eigenvalue weighted by Crippen LogP contribution is -2.39. The zero-order valence-corrected chi connectivity index (χ0v) is 15.9. The molecule has 0 aliphatic heterocycles. The van der Waals surface area contributed by atoms with E-state index in [4.69, 9.17) is 0 Å². The monoisotopic (exact) mass is 419 g/mol. The van der Waals surface area contributed by atoms with Crippen molar-refractivity contribution in [1.29, 1.82) is 5.26 Å². The van der Waals surface area contributed by atoms with Gasteiger partial charge in [0.15, 0.2) is 0 Å². The van der Waals surface area contributed by atoms with Crippen LogP contribution in [0.4, 0.5) is 0 Å². The van der Waals surface area contributed by atoms with Gasteiger partial charge in [0.2, 0.25) is 0 Å². The second-order valence-electron chi connectivity index (χ2n) is 5.10. The highest BCUT2D eigenvalue weighted by Crippen LogP contribution is 2.10. The van der Waals surface area contributed by atoms with Crippen molar-refractivity contribution in [3.8, 4) is 6.07 Å². The van der Waals surface area contributed by atoms with E-state index in [0.29, 0.717) is 16.7 Å². The van der Waals surface area contributed by atoms with Crippen molar-refractivity contribution in [3.05, 3.63) is 70.0 Å². The second-order valence-corrected chi connectivity index (χ2v) is 5.91. The van der Waals surface area contributed by atoms with Crippen LogP contribution >= 0.6 is 29.4 Å². The molecule has 1 amide bonds. The smallest absolute Gasteiger partial charge is 0.262 e. The summed E-state index contributed by atoms with van der Waals surface area (Å²) in [6, 6.07) is 16.2. The maximum Gasteiger partial charge on any atom is 0.262 e. The van der Waals surface area contributed by atoms with Crippen LogP contribution in [0.25, 0.3) is 6.08 Å². The van der Waals surface area contributed by atoms with Gasteiger partial charge in [0.25, 0.3) is 5.91 Å².